The van der Waals surface area contributed by atoms with E-state index in [-0.39, 0.29) is 24.8 Å². The molecule has 7 nitrogen and oxygen atoms in total. The minimum absolute atomic E-state index is 0.0861. The zero-order valence-corrected chi connectivity index (χ0v) is 13.5. The van der Waals surface area contributed by atoms with E-state index in [2.05, 4.69) is 0 Å². The zero-order chi connectivity index (χ0) is 17.0. The van der Waals surface area contributed by atoms with E-state index in [1.165, 1.54) is 4.90 Å². The Bertz CT molecular complexity index is 521. The largest absolute Gasteiger partial charge is 0.503 e. The molecule has 0 aromatic rings. The summed E-state index contributed by atoms with van der Waals surface area (Å²) in [7, 11) is 0. The van der Waals surface area contributed by atoms with E-state index in [1.54, 1.807) is 13.8 Å². The number of aliphatic hydroxyl groups is 1. The van der Waals surface area contributed by atoms with Gasteiger partial charge >= 0.3 is 11.9 Å². The molecule has 0 spiro atoms. The van der Waals surface area contributed by atoms with E-state index in [0.717, 1.165) is 32.1 Å². The van der Waals surface area contributed by atoms with Crippen LogP contribution >= 0.6 is 0 Å². The highest BCUT2D eigenvalue weighted by Crippen LogP contribution is 2.34. The van der Waals surface area contributed by atoms with E-state index >= 15 is 0 Å². The van der Waals surface area contributed by atoms with Crippen LogP contribution in [-0.2, 0) is 23.9 Å². The third-order valence-corrected chi connectivity index (χ3v) is 4.22. The maximum atomic E-state index is 12.4. The first-order chi connectivity index (χ1) is 11.0. The van der Waals surface area contributed by atoms with Gasteiger partial charge in [0, 0.05) is 6.04 Å². The van der Waals surface area contributed by atoms with Crippen LogP contribution in [0.5, 0.6) is 0 Å². The number of carbonyl (C=O) groups is 3. The quantitative estimate of drug-likeness (QED) is 0.769. The van der Waals surface area contributed by atoms with E-state index in [4.69, 9.17) is 9.47 Å². The molecule has 1 heterocycles. The Hall–Kier alpha value is -2.05. The molecule has 128 valence electrons. The Kier molecular flexibility index (Phi) is 5.63. The van der Waals surface area contributed by atoms with Gasteiger partial charge in [-0.3, -0.25) is 4.79 Å². The molecule has 0 aromatic heterocycles. The van der Waals surface area contributed by atoms with Gasteiger partial charge in [-0.25, -0.2) is 9.59 Å². The van der Waals surface area contributed by atoms with Crippen LogP contribution in [0.1, 0.15) is 46.0 Å². The van der Waals surface area contributed by atoms with Crippen molar-refractivity contribution in [1.82, 2.24) is 4.90 Å². The summed E-state index contributed by atoms with van der Waals surface area (Å²) in [5.41, 5.74) is -0.305. The molecule has 1 amide bonds. The summed E-state index contributed by atoms with van der Waals surface area (Å²) in [5, 5.41) is 10.1. The first-order valence-corrected chi connectivity index (χ1v) is 8.12. The summed E-state index contributed by atoms with van der Waals surface area (Å²) < 4.78 is 9.91. The van der Waals surface area contributed by atoms with E-state index in [0.29, 0.717) is 0 Å². The van der Waals surface area contributed by atoms with Gasteiger partial charge in [-0.2, -0.15) is 0 Å². The second kappa shape index (κ2) is 7.48. The second-order valence-corrected chi connectivity index (χ2v) is 5.64. The molecule has 0 radical (unpaired) electrons. The van der Waals surface area contributed by atoms with Crippen LogP contribution < -0.4 is 0 Å². The second-order valence-electron chi connectivity index (χ2n) is 5.64. The van der Waals surface area contributed by atoms with E-state index in [9.17, 15) is 19.5 Å². The zero-order valence-electron chi connectivity index (χ0n) is 13.5. The molecule has 23 heavy (non-hydrogen) atoms. The molecule has 0 bridgehead atoms. The van der Waals surface area contributed by atoms with Crippen LogP contribution in [0, 0.1) is 0 Å². The third-order valence-electron chi connectivity index (χ3n) is 4.22. The number of ether oxygens (including phenoxy) is 2. The van der Waals surface area contributed by atoms with Gasteiger partial charge in [-0.05, 0) is 26.7 Å². The summed E-state index contributed by atoms with van der Waals surface area (Å²) in [4.78, 5) is 38.2. The molecule has 2 aliphatic rings. The van der Waals surface area contributed by atoms with E-state index < -0.39 is 29.6 Å². The molecular formula is C16H23NO6. The number of amides is 1. The van der Waals surface area contributed by atoms with Crippen LogP contribution in [0.25, 0.3) is 0 Å². The fourth-order valence-corrected chi connectivity index (χ4v) is 3.23. The van der Waals surface area contributed by atoms with Crippen molar-refractivity contribution in [1.29, 1.82) is 0 Å². The molecule has 1 atom stereocenters. The lowest BCUT2D eigenvalue weighted by Gasteiger charge is -2.34. The Morgan fingerprint density at radius 1 is 1.13 bits per heavy atom. The van der Waals surface area contributed by atoms with Gasteiger partial charge in [0.05, 0.1) is 13.2 Å². The van der Waals surface area contributed by atoms with Crippen LogP contribution in [0.2, 0.25) is 0 Å². The summed E-state index contributed by atoms with van der Waals surface area (Å²) >= 11 is 0. The third kappa shape index (κ3) is 3.33. The van der Waals surface area contributed by atoms with Gasteiger partial charge in [0.25, 0.3) is 5.91 Å². The molecule has 0 aromatic carbocycles. The van der Waals surface area contributed by atoms with Gasteiger partial charge in [0.1, 0.15) is 5.57 Å². The van der Waals surface area contributed by atoms with Gasteiger partial charge in [0.2, 0.25) is 0 Å². The van der Waals surface area contributed by atoms with E-state index in [1.807, 2.05) is 0 Å². The minimum atomic E-state index is -1.22. The van der Waals surface area contributed by atoms with Crippen LogP contribution in [0.15, 0.2) is 11.3 Å². The monoisotopic (exact) mass is 325 g/mol. The minimum Gasteiger partial charge on any atom is -0.503 e. The average Bonchev–Trinajstić information content (AvgIpc) is 2.81. The van der Waals surface area contributed by atoms with Crippen molar-refractivity contribution < 1.29 is 29.0 Å². The maximum absolute atomic E-state index is 12.4. The first-order valence-electron chi connectivity index (χ1n) is 8.12. The Labute approximate surface area is 135 Å². The standard InChI is InChI=1S/C16H23NO6/c1-3-22-15(20)11-12(16(21)23-4-2)17(14(19)13(11)18)10-8-6-5-7-9-10/h10,12,18H,3-9H2,1-2H3. The lowest BCUT2D eigenvalue weighted by molar-refractivity contribution is -0.154. The van der Waals surface area contributed by atoms with Crippen molar-refractivity contribution in [3.05, 3.63) is 11.3 Å². The highest BCUT2D eigenvalue weighted by atomic mass is 16.5. The SMILES string of the molecule is CCOC(=O)C1=C(O)C(=O)N(C2CCCCC2)C1C(=O)OCC. The lowest BCUT2D eigenvalue weighted by atomic mass is 9.93. The highest BCUT2D eigenvalue weighted by molar-refractivity contribution is 6.11. The number of aliphatic hydroxyl groups excluding tert-OH is 1. The van der Waals surface area contributed by atoms with Crippen LogP contribution in [-0.4, -0.2) is 53.1 Å². The van der Waals surface area contributed by atoms with Crippen LogP contribution in [0.4, 0.5) is 0 Å². The van der Waals surface area contributed by atoms with Crippen molar-refractivity contribution in [3.8, 4) is 0 Å². The smallest absolute Gasteiger partial charge is 0.340 e. The highest BCUT2D eigenvalue weighted by Gasteiger charge is 2.50. The maximum Gasteiger partial charge on any atom is 0.340 e. The van der Waals surface area contributed by atoms with Crippen molar-refractivity contribution >= 4 is 17.8 Å². The van der Waals surface area contributed by atoms with Crippen molar-refractivity contribution in [2.45, 2.75) is 58.0 Å². The normalized spacial score (nSPS) is 22.4. The molecule has 1 aliphatic heterocycles. The average molecular weight is 325 g/mol. The predicted molar refractivity (Wildman–Crippen MR) is 80.4 cm³/mol. The van der Waals surface area contributed by atoms with Crippen LogP contribution in [0.3, 0.4) is 0 Å². The van der Waals surface area contributed by atoms with Gasteiger partial charge in [0.15, 0.2) is 11.8 Å². The number of esters is 2. The number of nitrogens with zero attached hydrogens (tertiary/aromatic N) is 1. The number of hydrogen-bond acceptors (Lipinski definition) is 6. The van der Waals surface area contributed by atoms with Gasteiger partial charge in [-0.1, -0.05) is 19.3 Å². The Morgan fingerprint density at radius 2 is 1.74 bits per heavy atom. The molecule has 1 fully saturated rings. The molecular weight excluding hydrogens is 302 g/mol. The Morgan fingerprint density at radius 3 is 2.30 bits per heavy atom. The fourth-order valence-electron chi connectivity index (χ4n) is 3.23. The molecule has 7 heteroatoms. The Balaban J connectivity index is 2.36. The van der Waals surface area contributed by atoms with Gasteiger partial charge in [-0.15, -0.1) is 0 Å². The fraction of sp³-hybridized carbons (Fsp3) is 0.688. The summed E-state index contributed by atoms with van der Waals surface area (Å²) in [6.45, 7) is 3.47. The molecule has 0 saturated heterocycles. The number of carbonyl (C=O) groups excluding carboxylic acids is 3. The predicted octanol–water partition coefficient (Wildman–Crippen LogP) is 1.47. The first kappa shape index (κ1) is 17.3. The number of hydrogen-bond donors (Lipinski definition) is 1. The topological polar surface area (TPSA) is 93.1 Å². The van der Waals surface area contributed by atoms with Gasteiger partial charge < -0.3 is 19.5 Å². The number of rotatable bonds is 5. The van der Waals surface area contributed by atoms with Crippen molar-refractivity contribution in [2.75, 3.05) is 13.2 Å². The summed E-state index contributed by atoms with van der Waals surface area (Å²) in [6.07, 6.45) is 4.45. The van der Waals surface area contributed by atoms with Crippen molar-refractivity contribution in [2.24, 2.45) is 0 Å². The molecule has 2 rings (SSSR count). The lowest BCUT2D eigenvalue weighted by Crippen LogP contribution is -2.49. The summed E-state index contributed by atoms with van der Waals surface area (Å²) in [5.74, 6) is -2.96. The van der Waals surface area contributed by atoms with Crippen molar-refractivity contribution in [3.63, 3.8) is 0 Å². The molecule has 1 aliphatic carbocycles. The molecule has 1 saturated carbocycles. The molecule has 1 unspecified atom stereocenters. The summed E-state index contributed by atoms with van der Waals surface area (Å²) in [6, 6.07) is -1.40. The molecule has 1 N–H and O–H groups in total.